The molecule has 0 aliphatic heterocycles. The highest BCUT2D eigenvalue weighted by atomic mass is 28.2. The SMILES string of the molecule is C=CCC(CC=C)[Si]c1cccc2ccccc12. The van der Waals surface area contributed by atoms with Gasteiger partial charge in [-0.3, -0.25) is 0 Å². The Kier molecular flexibility index (Phi) is 4.54. The van der Waals surface area contributed by atoms with E-state index in [1.165, 1.54) is 16.0 Å². The van der Waals surface area contributed by atoms with Gasteiger partial charge in [0.25, 0.3) is 0 Å². The van der Waals surface area contributed by atoms with E-state index in [9.17, 15) is 0 Å². The summed E-state index contributed by atoms with van der Waals surface area (Å²) in [7, 11) is 0.821. The minimum Gasteiger partial charge on any atom is -0.103 e. The maximum absolute atomic E-state index is 3.86. The Morgan fingerprint density at radius 3 is 2.33 bits per heavy atom. The Labute approximate surface area is 112 Å². The lowest BCUT2D eigenvalue weighted by molar-refractivity contribution is 0.859. The van der Waals surface area contributed by atoms with Crippen molar-refractivity contribution in [1.29, 1.82) is 0 Å². The second kappa shape index (κ2) is 6.36. The van der Waals surface area contributed by atoms with E-state index >= 15 is 0 Å². The second-order valence-corrected chi connectivity index (χ2v) is 6.06. The predicted molar refractivity (Wildman–Crippen MR) is 82.7 cm³/mol. The molecule has 0 heterocycles. The van der Waals surface area contributed by atoms with Gasteiger partial charge in [-0.25, -0.2) is 0 Å². The smallest absolute Gasteiger partial charge is 0.0857 e. The standard InChI is InChI=1S/C17H18Si/c1-3-8-15(9-4-2)18-17-13-7-11-14-10-5-6-12-16(14)17/h3-7,10-13,15H,1-2,8-9H2. The first-order valence-corrected chi connectivity index (χ1v) is 7.39. The maximum atomic E-state index is 3.86. The zero-order chi connectivity index (χ0) is 12.8. The van der Waals surface area contributed by atoms with Crippen LogP contribution in [0, 0.1) is 0 Å². The molecule has 0 saturated heterocycles. The summed E-state index contributed by atoms with van der Waals surface area (Å²) in [4.78, 5) is 0. The van der Waals surface area contributed by atoms with Gasteiger partial charge in [-0.15, -0.1) is 13.2 Å². The van der Waals surface area contributed by atoms with Crippen LogP contribution in [0.3, 0.4) is 0 Å². The summed E-state index contributed by atoms with van der Waals surface area (Å²) in [5.74, 6) is 0. The molecular formula is C17H18Si. The molecule has 0 amide bonds. The van der Waals surface area contributed by atoms with E-state index < -0.39 is 0 Å². The van der Waals surface area contributed by atoms with Gasteiger partial charge in [0.05, 0.1) is 9.52 Å². The molecule has 0 unspecified atom stereocenters. The van der Waals surface area contributed by atoms with Crippen molar-refractivity contribution >= 4 is 25.5 Å². The monoisotopic (exact) mass is 250 g/mol. The van der Waals surface area contributed by atoms with E-state index in [1.54, 1.807) is 0 Å². The molecule has 0 spiro atoms. The van der Waals surface area contributed by atoms with Gasteiger partial charge in [0.15, 0.2) is 0 Å². The third kappa shape index (κ3) is 2.99. The number of benzene rings is 2. The number of hydrogen-bond acceptors (Lipinski definition) is 0. The average molecular weight is 250 g/mol. The Morgan fingerprint density at radius 2 is 1.61 bits per heavy atom. The third-order valence-corrected chi connectivity index (χ3v) is 4.68. The Morgan fingerprint density at radius 1 is 0.944 bits per heavy atom. The lowest BCUT2D eigenvalue weighted by atomic mass is 10.1. The van der Waals surface area contributed by atoms with Crippen molar-refractivity contribution in [3.63, 3.8) is 0 Å². The number of allylic oxidation sites excluding steroid dienone is 2. The van der Waals surface area contributed by atoms with Gasteiger partial charge in [-0.2, -0.15) is 0 Å². The first-order valence-electron chi connectivity index (χ1n) is 6.31. The molecule has 0 bridgehead atoms. The van der Waals surface area contributed by atoms with E-state index in [4.69, 9.17) is 0 Å². The van der Waals surface area contributed by atoms with Gasteiger partial charge in [0, 0.05) is 0 Å². The fourth-order valence-corrected chi connectivity index (χ4v) is 3.77. The molecule has 0 fully saturated rings. The first-order chi connectivity index (χ1) is 8.85. The largest absolute Gasteiger partial charge is 0.103 e. The molecule has 0 saturated carbocycles. The molecule has 0 nitrogen and oxygen atoms in total. The van der Waals surface area contributed by atoms with Crippen LogP contribution in [-0.4, -0.2) is 9.52 Å². The molecule has 0 atom stereocenters. The minimum atomic E-state index is 0.644. The van der Waals surface area contributed by atoms with Crippen molar-refractivity contribution in [2.75, 3.05) is 0 Å². The van der Waals surface area contributed by atoms with Gasteiger partial charge < -0.3 is 0 Å². The van der Waals surface area contributed by atoms with Crippen LogP contribution < -0.4 is 5.19 Å². The van der Waals surface area contributed by atoms with Crippen molar-refractivity contribution in [3.05, 3.63) is 67.8 Å². The van der Waals surface area contributed by atoms with Gasteiger partial charge in [-0.1, -0.05) is 59.8 Å². The van der Waals surface area contributed by atoms with E-state index in [2.05, 4.69) is 55.6 Å². The van der Waals surface area contributed by atoms with Crippen LogP contribution in [0.4, 0.5) is 0 Å². The normalized spacial score (nSPS) is 10.7. The average Bonchev–Trinajstić information content (AvgIpc) is 2.40. The van der Waals surface area contributed by atoms with Crippen molar-refractivity contribution in [2.45, 2.75) is 18.4 Å². The third-order valence-electron chi connectivity index (χ3n) is 3.05. The summed E-state index contributed by atoms with van der Waals surface area (Å²) >= 11 is 0. The van der Waals surface area contributed by atoms with Crippen molar-refractivity contribution in [2.24, 2.45) is 0 Å². The summed E-state index contributed by atoms with van der Waals surface area (Å²) in [5.41, 5.74) is 0.644. The van der Waals surface area contributed by atoms with E-state index in [0.29, 0.717) is 5.54 Å². The summed E-state index contributed by atoms with van der Waals surface area (Å²) in [6, 6.07) is 15.2. The van der Waals surface area contributed by atoms with Crippen LogP contribution in [0.1, 0.15) is 12.8 Å². The van der Waals surface area contributed by atoms with Crippen LogP contribution >= 0.6 is 0 Å². The number of fused-ring (bicyclic) bond motifs is 1. The fraction of sp³-hybridized carbons (Fsp3) is 0.176. The fourth-order valence-electron chi connectivity index (χ4n) is 2.19. The Bertz CT molecular complexity index is 527. The summed E-state index contributed by atoms with van der Waals surface area (Å²) in [6.07, 6.45) is 6.17. The predicted octanol–water partition coefficient (Wildman–Crippen LogP) is 4.11. The van der Waals surface area contributed by atoms with Gasteiger partial charge in [0.2, 0.25) is 0 Å². The summed E-state index contributed by atoms with van der Waals surface area (Å²) in [5, 5.41) is 4.18. The van der Waals surface area contributed by atoms with Crippen LogP contribution in [0.25, 0.3) is 10.8 Å². The Balaban J connectivity index is 2.29. The second-order valence-electron chi connectivity index (χ2n) is 4.42. The maximum Gasteiger partial charge on any atom is 0.0857 e. The number of rotatable bonds is 6. The summed E-state index contributed by atoms with van der Waals surface area (Å²) < 4.78 is 0. The first kappa shape index (κ1) is 12.8. The molecule has 0 aromatic heterocycles. The lowest BCUT2D eigenvalue weighted by Crippen LogP contribution is -2.20. The Hall–Kier alpha value is -1.60. The van der Waals surface area contributed by atoms with Crippen LogP contribution in [0.15, 0.2) is 67.8 Å². The molecule has 2 radical (unpaired) electrons. The molecule has 90 valence electrons. The summed E-state index contributed by atoms with van der Waals surface area (Å²) in [6.45, 7) is 7.71. The van der Waals surface area contributed by atoms with Crippen LogP contribution in [0.2, 0.25) is 5.54 Å². The zero-order valence-corrected chi connectivity index (χ0v) is 11.6. The van der Waals surface area contributed by atoms with Gasteiger partial charge in [0.1, 0.15) is 0 Å². The molecule has 1 heteroatoms. The molecule has 0 N–H and O–H groups in total. The van der Waals surface area contributed by atoms with Gasteiger partial charge >= 0.3 is 0 Å². The van der Waals surface area contributed by atoms with E-state index in [0.717, 1.165) is 22.4 Å². The van der Waals surface area contributed by atoms with Crippen molar-refractivity contribution < 1.29 is 0 Å². The lowest BCUT2D eigenvalue weighted by Gasteiger charge is -2.13. The van der Waals surface area contributed by atoms with Crippen LogP contribution in [0.5, 0.6) is 0 Å². The highest BCUT2D eigenvalue weighted by Gasteiger charge is 2.10. The van der Waals surface area contributed by atoms with Crippen molar-refractivity contribution in [1.82, 2.24) is 0 Å². The highest BCUT2D eigenvalue weighted by Crippen LogP contribution is 2.18. The molecule has 2 aromatic rings. The zero-order valence-electron chi connectivity index (χ0n) is 10.6. The molecular weight excluding hydrogens is 232 g/mol. The number of hydrogen-bond donors (Lipinski definition) is 0. The molecule has 2 rings (SSSR count). The topological polar surface area (TPSA) is 0 Å². The van der Waals surface area contributed by atoms with Gasteiger partial charge in [-0.05, 0) is 29.2 Å². The molecule has 0 aliphatic rings. The van der Waals surface area contributed by atoms with E-state index in [1.807, 2.05) is 12.2 Å². The highest BCUT2D eigenvalue weighted by molar-refractivity contribution is 6.58. The minimum absolute atomic E-state index is 0.644. The quantitative estimate of drug-likeness (QED) is 0.534. The van der Waals surface area contributed by atoms with Crippen LogP contribution in [-0.2, 0) is 0 Å². The van der Waals surface area contributed by atoms with Crippen molar-refractivity contribution in [3.8, 4) is 0 Å². The molecule has 2 aromatic carbocycles. The van der Waals surface area contributed by atoms with E-state index in [-0.39, 0.29) is 0 Å². The molecule has 0 aliphatic carbocycles. The molecule has 18 heavy (non-hydrogen) atoms.